The van der Waals surface area contributed by atoms with Gasteiger partial charge in [0, 0.05) is 36.9 Å². The fourth-order valence-corrected chi connectivity index (χ4v) is 3.17. The van der Waals surface area contributed by atoms with Gasteiger partial charge in [-0.15, -0.1) is 0 Å². The largest absolute Gasteiger partial charge is 0.496 e. The highest BCUT2D eigenvalue weighted by Gasteiger charge is 2.15. The maximum absolute atomic E-state index is 5.48. The molecule has 0 saturated carbocycles. The van der Waals surface area contributed by atoms with E-state index in [4.69, 9.17) is 9.47 Å². The van der Waals surface area contributed by atoms with Gasteiger partial charge in [0.2, 0.25) is 0 Å². The van der Waals surface area contributed by atoms with Crippen LogP contribution in [0.4, 0.5) is 5.69 Å². The van der Waals surface area contributed by atoms with Gasteiger partial charge in [0.1, 0.15) is 5.75 Å². The third-order valence-electron chi connectivity index (χ3n) is 4.55. The highest BCUT2D eigenvalue weighted by Crippen LogP contribution is 2.26. The SMILES string of the molecule is COc1ccccc1[C@H](C)NCc1ccccc1N1CCOCC1. The summed E-state index contributed by atoms with van der Waals surface area (Å²) in [6, 6.07) is 17.0. The second-order valence-electron chi connectivity index (χ2n) is 6.07. The molecule has 0 radical (unpaired) electrons. The third-order valence-corrected chi connectivity index (χ3v) is 4.55. The lowest BCUT2D eigenvalue weighted by Gasteiger charge is -2.31. The van der Waals surface area contributed by atoms with E-state index in [0.29, 0.717) is 0 Å². The maximum Gasteiger partial charge on any atom is 0.123 e. The molecule has 1 atom stereocenters. The first-order chi connectivity index (χ1) is 11.8. The summed E-state index contributed by atoms with van der Waals surface area (Å²) in [5.41, 5.74) is 3.81. The van der Waals surface area contributed by atoms with Gasteiger partial charge in [0.15, 0.2) is 0 Å². The van der Waals surface area contributed by atoms with Crippen LogP contribution < -0.4 is 15.0 Å². The van der Waals surface area contributed by atoms with Crippen molar-refractivity contribution in [3.8, 4) is 5.75 Å². The zero-order valence-electron chi connectivity index (χ0n) is 14.5. The standard InChI is InChI=1S/C20H26N2O2/c1-16(18-8-4-6-10-20(18)23-2)21-15-17-7-3-5-9-19(17)22-11-13-24-14-12-22/h3-10,16,21H,11-15H2,1-2H3/t16-/m0/s1. The Labute approximate surface area is 144 Å². The van der Waals surface area contributed by atoms with Crippen LogP contribution in [-0.4, -0.2) is 33.4 Å². The average Bonchev–Trinajstić information content (AvgIpc) is 2.67. The molecule has 1 heterocycles. The predicted molar refractivity (Wildman–Crippen MR) is 97.7 cm³/mol. The summed E-state index contributed by atoms with van der Waals surface area (Å²) >= 11 is 0. The summed E-state index contributed by atoms with van der Waals surface area (Å²) in [6.07, 6.45) is 0. The first-order valence-corrected chi connectivity index (χ1v) is 8.56. The van der Waals surface area contributed by atoms with Crippen LogP contribution in [0.25, 0.3) is 0 Å². The molecule has 0 aromatic heterocycles. The molecule has 0 bridgehead atoms. The van der Waals surface area contributed by atoms with Crippen molar-refractivity contribution >= 4 is 5.69 Å². The molecule has 128 valence electrons. The molecule has 3 rings (SSSR count). The van der Waals surface area contributed by atoms with E-state index in [9.17, 15) is 0 Å². The van der Waals surface area contributed by atoms with Crippen molar-refractivity contribution in [1.29, 1.82) is 0 Å². The van der Waals surface area contributed by atoms with E-state index in [1.165, 1.54) is 16.8 Å². The summed E-state index contributed by atoms with van der Waals surface area (Å²) in [5, 5.41) is 3.63. The molecule has 1 N–H and O–H groups in total. The van der Waals surface area contributed by atoms with Gasteiger partial charge in [-0.05, 0) is 24.6 Å². The van der Waals surface area contributed by atoms with Crippen LogP contribution in [0.1, 0.15) is 24.1 Å². The molecule has 0 aliphatic carbocycles. The summed E-state index contributed by atoms with van der Waals surface area (Å²) in [4.78, 5) is 2.41. The van der Waals surface area contributed by atoms with Crippen LogP contribution in [0.2, 0.25) is 0 Å². The molecule has 1 fully saturated rings. The van der Waals surface area contributed by atoms with E-state index in [1.807, 2.05) is 12.1 Å². The van der Waals surface area contributed by atoms with Crippen molar-refractivity contribution in [2.45, 2.75) is 19.5 Å². The lowest BCUT2D eigenvalue weighted by molar-refractivity contribution is 0.122. The lowest BCUT2D eigenvalue weighted by atomic mass is 10.1. The topological polar surface area (TPSA) is 33.7 Å². The Kier molecular flexibility index (Phi) is 5.72. The van der Waals surface area contributed by atoms with E-state index >= 15 is 0 Å². The first-order valence-electron chi connectivity index (χ1n) is 8.56. The van der Waals surface area contributed by atoms with Crippen LogP contribution in [0.5, 0.6) is 5.75 Å². The predicted octanol–water partition coefficient (Wildman–Crippen LogP) is 3.38. The van der Waals surface area contributed by atoms with Gasteiger partial charge >= 0.3 is 0 Å². The number of nitrogens with one attached hydrogen (secondary N) is 1. The summed E-state index contributed by atoms with van der Waals surface area (Å²) in [5.74, 6) is 0.930. The van der Waals surface area contributed by atoms with Crippen molar-refractivity contribution in [2.75, 3.05) is 38.3 Å². The number of benzene rings is 2. The minimum atomic E-state index is 0.221. The molecule has 2 aromatic rings. The number of nitrogens with zero attached hydrogens (tertiary/aromatic N) is 1. The zero-order chi connectivity index (χ0) is 16.8. The number of hydrogen-bond donors (Lipinski definition) is 1. The van der Waals surface area contributed by atoms with Crippen LogP contribution >= 0.6 is 0 Å². The van der Waals surface area contributed by atoms with Crippen molar-refractivity contribution in [2.24, 2.45) is 0 Å². The number of ether oxygens (including phenoxy) is 2. The Morgan fingerprint density at radius 3 is 2.58 bits per heavy atom. The Hall–Kier alpha value is -2.04. The normalized spacial score (nSPS) is 16.0. The highest BCUT2D eigenvalue weighted by atomic mass is 16.5. The number of morpholine rings is 1. The van der Waals surface area contributed by atoms with E-state index in [1.54, 1.807) is 7.11 Å². The van der Waals surface area contributed by atoms with E-state index in [0.717, 1.165) is 38.6 Å². The highest BCUT2D eigenvalue weighted by molar-refractivity contribution is 5.54. The van der Waals surface area contributed by atoms with Crippen LogP contribution in [0.15, 0.2) is 48.5 Å². The van der Waals surface area contributed by atoms with E-state index in [2.05, 4.69) is 53.5 Å². The third kappa shape index (κ3) is 3.89. The lowest BCUT2D eigenvalue weighted by Crippen LogP contribution is -2.37. The molecule has 2 aromatic carbocycles. The maximum atomic E-state index is 5.48. The minimum absolute atomic E-state index is 0.221. The van der Waals surface area contributed by atoms with Crippen molar-refractivity contribution < 1.29 is 9.47 Å². The molecule has 0 unspecified atom stereocenters. The molecule has 1 aliphatic heterocycles. The van der Waals surface area contributed by atoms with Gasteiger partial charge in [-0.2, -0.15) is 0 Å². The minimum Gasteiger partial charge on any atom is -0.496 e. The number of rotatable bonds is 6. The van der Waals surface area contributed by atoms with Gasteiger partial charge < -0.3 is 19.7 Å². The van der Waals surface area contributed by atoms with Gasteiger partial charge in [-0.25, -0.2) is 0 Å². The fraction of sp³-hybridized carbons (Fsp3) is 0.400. The van der Waals surface area contributed by atoms with Crippen LogP contribution in [0.3, 0.4) is 0 Å². The Morgan fingerprint density at radius 1 is 1.08 bits per heavy atom. The summed E-state index contributed by atoms with van der Waals surface area (Å²) < 4.78 is 10.9. The smallest absolute Gasteiger partial charge is 0.123 e. The number of hydrogen-bond acceptors (Lipinski definition) is 4. The monoisotopic (exact) mass is 326 g/mol. The van der Waals surface area contributed by atoms with Gasteiger partial charge in [-0.3, -0.25) is 0 Å². The summed E-state index contributed by atoms with van der Waals surface area (Å²) in [6.45, 7) is 6.53. The zero-order valence-corrected chi connectivity index (χ0v) is 14.5. The molecule has 0 spiro atoms. The Balaban J connectivity index is 1.70. The molecule has 1 aliphatic rings. The van der Waals surface area contributed by atoms with Crippen molar-refractivity contribution in [3.63, 3.8) is 0 Å². The second-order valence-corrected chi connectivity index (χ2v) is 6.07. The second kappa shape index (κ2) is 8.18. The Bertz CT molecular complexity index is 654. The first kappa shape index (κ1) is 16.8. The molecular formula is C20H26N2O2. The number of methoxy groups -OCH3 is 1. The van der Waals surface area contributed by atoms with Crippen LogP contribution in [-0.2, 0) is 11.3 Å². The van der Waals surface area contributed by atoms with Crippen LogP contribution in [0, 0.1) is 0 Å². The van der Waals surface area contributed by atoms with Gasteiger partial charge in [0.25, 0.3) is 0 Å². The molecule has 24 heavy (non-hydrogen) atoms. The molecule has 4 nitrogen and oxygen atoms in total. The number of para-hydroxylation sites is 2. The molecule has 4 heteroatoms. The van der Waals surface area contributed by atoms with Gasteiger partial charge in [-0.1, -0.05) is 36.4 Å². The fourth-order valence-electron chi connectivity index (χ4n) is 3.17. The van der Waals surface area contributed by atoms with E-state index < -0.39 is 0 Å². The number of anilines is 1. The Morgan fingerprint density at radius 2 is 1.79 bits per heavy atom. The quantitative estimate of drug-likeness (QED) is 0.882. The molecule has 0 amide bonds. The van der Waals surface area contributed by atoms with Crippen molar-refractivity contribution in [1.82, 2.24) is 5.32 Å². The summed E-state index contributed by atoms with van der Waals surface area (Å²) in [7, 11) is 1.72. The van der Waals surface area contributed by atoms with Crippen molar-refractivity contribution in [3.05, 3.63) is 59.7 Å². The van der Waals surface area contributed by atoms with Gasteiger partial charge in [0.05, 0.1) is 20.3 Å². The van der Waals surface area contributed by atoms with E-state index in [-0.39, 0.29) is 6.04 Å². The molecular weight excluding hydrogens is 300 g/mol. The average molecular weight is 326 g/mol. The molecule has 1 saturated heterocycles.